The number of aromatic amines is 1. The molecular weight excluding hydrogens is 487 g/mol. The zero-order valence-electron chi connectivity index (χ0n) is 19.8. The molecule has 0 bridgehead atoms. The predicted molar refractivity (Wildman–Crippen MR) is 128 cm³/mol. The third-order valence-electron chi connectivity index (χ3n) is 6.96. The highest BCUT2D eigenvalue weighted by Crippen LogP contribution is 2.39. The van der Waals surface area contributed by atoms with Gasteiger partial charge in [0.1, 0.15) is 29.4 Å². The van der Waals surface area contributed by atoms with Gasteiger partial charge in [0.25, 0.3) is 0 Å². The largest absolute Gasteiger partial charge is 0.443 e. The Morgan fingerprint density at radius 3 is 2.70 bits per heavy atom. The summed E-state index contributed by atoms with van der Waals surface area (Å²) in [6.45, 7) is 1.93. The monoisotopic (exact) mass is 511 g/mol. The molecule has 3 N–H and O–H groups in total. The molecule has 0 unspecified atom stereocenters. The van der Waals surface area contributed by atoms with Crippen LogP contribution in [-0.4, -0.2) is 48.7 Å². The van der Waals surface area contributed by atoms with E-state index in [2.05, 4.69) is 30.9 Å². The number of fused-ring (bicyclic) bond motifs is 1. The number of nitrogens with zero attached hydrogens (tertiary/aromatic N) is 4. The minimum absolute atomic E-state index is 0.231. The van der Waals surface area contributed by atoms with Crippen LogP contribution >= 0.6 is 0 Å². The van der Waals surface area contributed by atoms with Gasteiger partial charge in [-0.25, -0.2) is 27.5 Å². The van der Waals surface area contributed by atoms with Crippen LogP contribution in [-0.2, 0) is 4.74 Å². The number of alkyl halides is 1. The van der Waals surface area contributed by atoms with E-state index in [1.807, 2.05) is 6.92 Å². The van der Waals surface area contributed by atoms with Crippen LogP contribution in [0.25, 0.3) is 16.8 Å². The van der Waals surface area contributed by atoms with Crippen molar-refractivity contribution in [3.8, 4) is 11.3 Å². The fourth-order valence-electron chi connectivity index (χ4n) is 4.67. The molecule has 0 radical (unpaired) electrons. The van der Waals surface area contributed by atoms with Crippen molar-refractivity contribution in [3.63, 3.8) is 0 Å². The van der Waals surface area contributed by atoms with Crippen LogP contribution < -0.4 is 10.6 Å². The Morgan fingerprint density at radius 1 is 1.16 bits per heavy atom. The highest BCUT2D eigenvalue weighted by molar-refractivity contribution is 5.77. The van der Waals surface area contributed by atoms with Gasteiger partial charge in [0.05, 0.1) is 5.69 Å². The molecule has 1 amide bonds. The third kappa shape index (κ3) is 4.70. The Kier molecular flexibility index (Phi) is 5.54. The summed E-state index contributed by atoms with van der Waals surface area (Å²) in [7, 11) is 0. The number of alkyl carbamates (subject to hydrolysis) is 1. The molecule has 9 nitrogen and oxygen atoms in total. The topological polar surface area (TPSA) is 109 Å². The quantitative estimate of drug-likeness (QED) is 0.336. The second kappa shape index (κ2) is 8.79. The molecule has 1 aromatic carbocycles. The summed E-state index contributed by atoms with van der Waals surface area (Å²) in [5.41, 5.74) is 1.56. The molecular formula is C25H24F3N7O2. The van der Waals surface area contributed by atoms with Crippen molar-refractivity contribution in [3.05, 3.63) is 60.1 Å². The van der Waals surface area contributed by atoms with Crippen LogP contribution in [0.5, 0.6) is 0 Å². The first kappa shape index (κ1) is 23.3. The van der Waals surface area contributed by atoms with Crippen molar-refractivity contribution in [1.82, 2.24) is 30.1 Å². The Morgan fingerprint density at radius 2 is 1.95 bits per heavy atom. The Balaban J connectivity index is 1.17. The predicted octanol–water partition coefficient (Wildman–Crippen LogP) is 5.00. The van der Waals surface area contributed by atoms with Crippen LogP contribution in [0.3, 0.4) is 0 Å². The fourth-order valence-corrected chi connectivity index (χ4v) is 4.67. The van der Waals surface area contributed by atoms with Gasteiger partial charge in [-0.05, 0) is 50.8 Å². The summed E-state index contributed by atoms with van der Waals surface area (Å²) in [6.07, 6.45) is 3.07. The maximum Gasteiger partial charge on any atom is 0.407 e. The summed E-state index contributed by atoms with van der Waals surface area (Å²) >= 11 is 0. The van der Waals surface area contributed by atoms with Crippen LogP contribution in [0.1, 0.15) is 44.2 Å². The van der Waals surface area contributed by atoms with Gasteiger partial charge in [-0.3, -0.25) is 5.10 Å². The Bertz CT molecular complexity index is 1460. The number of hydrogen-bond acceptors (Lipinski definition) is 6. The second-order valence-corrected chi connectivity index (χ2v) is 9.88. The smallest absolute Gasteiger partial charge is 0.407 e. The number of aromatic nitrogens is 5. The summed E-state index contributed by atoms with van der Waals surface area (Å²) in [4.78, 5) is 16.4. The van der Waals surface area contributed by atoms with E-state index in [0.29, 0.717) is 46.9 Å². The van der Waals surface area contributed by atoms with Gasteiger partial charge in [-0.2, -0.15) is 10.2 Å². The van der Waals surface area contributed by atoms with Crippen LogP contribution in [0, 0.1) is 11.6 Å². The van der Waals surface area contributed by atoms with Crippen LogP contribution in [0.4, 0.5) is 29.6 Å². The number of ether oxygens (including phenoxy) is 1. The second-order valence-electron chi connectivity index (χ2n) is 9.88. The summed E-state index contributed by atoms with van der Waals surface area (Å²) in [5.74, 6) is -1.07. The first-order chi connectivity index (χ1) is 17.8. The average molecular weight is 512 g/mol. The number of carbonyl (C=O) groups excluding carboxylic acids is 1. The maximum absolute atomic E-state index is 15.2. The van der Waals surface area contributed by atoms with E-state index in [1.54, 1.807) is 18.3 Å². The van der Waals surface area contributed by atoms with Crippen LogP contribution in [0.2, 0.25) is 0 Å². The van der Waals surface area contributed by atoms with Crippen molar-refractivity contribution in [2.45, 2.75) is 56.3 Å². The molecule has 3 heterocycles. The van der Waals surface area contributed by atoms with Gasteiger partial charge in [0, 0.05) is 47.2 Å². The van der Waals surface area contributed by atoms with Gasteiger partial charge in [0.2, 0.25) is 0 Å². The zero-order valence-corrected chi connectivity index (χ0v) is 19.8. The summed E-state index contributed by atoms with van der Waals surface area (Å²) in [5, 5.41) is 17.4. The molecule has 3 atom stereocenters. The number of rotatable bonds is 6. The molecule has 12 heteroatoms. The van der Waals surface area contributed by atoms with Gasteiger partial charge in [0.15, 0.2) is 11.6 Å². The minimum Gasteiger partial charge on any atom is -0.443 e. The molecule has 2 aliphatic rings. The number of carbonyl (C=O) groups is 1. The molecule has 0 aliphatic heterocycles. The highest BCUT2D eigenvalue weighted by Gasteiger charge is 2.43. The van der Waals surface area contributed by atoms with E-state index < -0.39 is 35.9 Å². The molecule has 3 aromatic heterocycles. The van der Waals surface area contributed by atoms with Gasteiger partial charge < -0.3 is 15.4 Å². The molecule has 37 heavy (non-hydrogen) atoms. The number of halogens is 3. The van der Waals surface area contributed by atoms with E-state index >= 15 is 4.39 Å². The van der Waals surface area contributed by atoms with Gasteiger partial charge in [-0.1, -0.05) is 0 Å². The van der Waals surface area contributed by atoms with Crippen molar-refractivity contribution in [2.24, 2.45) is 0 Å². The van der Waals surface area contributed by atoms with Crippen molar-refractivity contribution in [1.29, 1.82) is 0 Å². The summed E-state index contributed by atoms with van der Waals surface area (Å²) in [6, 6.07) is 6.54. The number of H-pyrrole nitrogens is 1. The summed E-state index contributed by atoms with van der Waals surface area (Å²) < 4.78 is 49.4. The average Bonchev–Trinajstić information content (AvgIpc) is 3.21. The number of nitrogens with one attached hydrogen (secondary N) is 3. The minimum atomic E-state index is -1.36. The van der Waals surface area contributed by atoms with E-state index in [1.165, 1.54) is 22.8 Å². The lowest BCUT2D eigenvalue weighted by Crippen LogP contribution is -2.38. The Hall–Kier alpha value is -4.09. The van der Waals surface area contributed by atoms with Crippen molar-refractivity contribution in [2.75, 3.05) is 5.32 Å². The van der Waals surface area contributed by atoms with Gasteiger partial charge in [-0.15, -0.1) is 0 Å². The van der Waals surface area contributed by atoms with E-state index in [-0.39, 0.29) is 5.54 Å². The number of hydrogen-bond donors (Lipinski definition) is 3. The molecule has 4 aromatic rings. The lowest BCUT2D eigenvalue weighted by molar-refractivity contribution is 0.0546. The lowest BCUT2D eigenvalue weighted by Gasteiger charge is -2.19. The molecule has 2 fully saturated rings. The first-order valence-corrected chi connectivity index (χ1v) is 12.0. The molecule has 0 spiro atoms. The normalized spacial score (nSPS) is 22.2. The van der Waals surface area contributed by atoms with Crippen LogP contribution in [0.15, 0.2) is 42.7 Å². The first-order valence-electron chi connectivity index (χ1n) is 12.0. The highest BCUT2D eigenvalue weighted by atomic mass is 19.1. The van der Waals surface area contributed by atoms with E-state index in [0.717, 1.165) is 18.9 Å². The molecule has 192 valence electrons. The number of benzene rings is 1. The molecule has 6 rings (SSSR count). The van der Waals surface area contributed by atoms with Crippen molar-refractivity contribution < 1.29 is 22.7 Å². The van der Waals surface area contributed by atoms with E-state index in [9.17, 15) is 13.6 Å². The number of anilines is 2. The lowest BCUT2D eigenvalue weighted by atomic mass is 10.0. The Labute approximate surface area is 209 Å². The fraction of sp³-hybridized carbons (Fsp3) is 0.360. The molecule has 2 saturated carbocycles. The third-order valence-corrected chi connectivity index (χ3v) is 6.96. The number of amides is 1. The van der Waals surface area contributed by atoms with Crippen molar-refractivity contribution >= 4 is 23.2 Å². The van der Waals surface area contributed by atoms with Gasteiger partial charge >= 0.3 is 6.09 Å². The van der Waals surface area contributed by atoms with E-state index in [4.69, 9.17) is 4.74 Å². The standard InChI is InChI=1S/C25H24F3N7O2/c1-25(4-5-25)31-24(36)37-20-3-2-16(22(20)28)18-12-21(33-32-18)30-23-19-11-17(34-35(19)7-6-29-23)13-8-14(26)10-15(27)9-13/h6-12,16,20,22H,2-5H2,1H3,(H,31,36)(H2,29,30,32,33)/t16-,20-,22+/m1/s1. The zero-order chi connectivity index (χ0) is 25.7. The SMILES string of the molecule is CC1(NC(=O)O[C@@H]2CC[C@H](c3cc(Nc4nccn5nc(-c6cc(F)cc(F)c6)cc45)n[nH]3)[C@@H]2F)CC1. The molecule has 2 aliphatic carbocycles. The maximum atomic E-state index is 15.2. The molecule has 0 saturated heterocycles.